The lowest BCUT2D eigenvalue weighted by atomic mass is 10.1. The Bertz CT molecular complexity index is 781. The molecular weight excluding hydrogens is 340 g/mol. The second-order valence-corrected chi connectivity index (χ2v) is 7.20. The SMILES string of the molecule is O=C(Nc1ccc2c(c1)OCCO2)c1ccc(CN2CCCCCC2)cc1. The molecule has 4 rings (SSSR count). The quantitative estimate of drug-likeness (QED) is 0.886. The molecule has 1 N–H and O–H groups in total. The summed E-state index contributed by atoms with van der Waals surface area (Å²) in [6.45, 7) is 4.40. The van der Waals surface area contributed by atoms with Gasteiger partial charge < -0.3 is 14.8 Å². The van der Waals surface area contributed by atoms with E-state index < -0.39 is 0 Å². The van der Waals surface area contributed by atoms with E-state index in [2.05, 4.69) is 22.3 Å². The zero-order chi connectivity index (χ0) is 18.5. The second kappa shape index (κ2) is 8.44. The van der Waals surface area contributed by atoms with Crippen LogP contribution in [0.3, 0.4) is 0 Å². The fourth-order valence-corrected chi connectivity index (χ4v) is 3.64. The Morgan fingerprint density at radius 3 is 2.33 bits per heavy atom. The molecule has 5 nitrogen and oxygen atoms in total. The van der Waals surface area contributed by atoms with Crippen LogP contribution in [-0.2, 0) is 6.54 Å². The molecule has 142 valence electrons. The van der Waals surface area contributed by atoms with Crippen LogP contribution in [0.5, 0.6) is 11.5 Å². The molecule has 0 unspecified atom stereocenters. The van der Waals surface area contributed by atoms with Crippen molar-refractivity contribution in [2.45, 2.75) is 32.2 Å². The summed E-state index contributed by atoms with van der Waals surface area (Å²) in [5.41, 5.74) is 2.62. The number of carbonyl (C=O) groups excluding carboxylic acids is 1. The van der Waals surface area contributed by atoms with Crippen molar-refractivity contribution in [1.29, 1.82) is 0 Å². The predicted octanol–water partition coefficient (Wildman–Crippen LogP) is 4.09. The Labute approximate surface area is 160 Å². The number of nitrogens with zero attached hydrogens (tertiary/aromatic N) is 1. The van der Waals surface area contributed by atoms with Gasteiger partial charge in [-0.15, -0.1) is 0 Å². The first kappa shape index (κ1) is 17.9. The number of nitrogens with one attached hydrogen (secondary N) is 1. The van der Waals surface area contributed by atoms with Gasteiger partial charge in [0.2, 0.25) is 0 Å². The fourth-order valence-electron chi connectivity index (χ4n) is 3.64. The lowest BCUT2D eigenvalue weighted by molar-refractivity contribution is 0.102. The molecule has 2 aliphatic heterocycles. The predicted molar refractivity (Wildman–Crippen MR) is 106 cm³/mol. The Morgan fingerprint density at radius 2 is 1.59 bits per heavy atom. The van der Waals surface area contributed by atoms with Gasteiger partial charge in [-0.05, 0) is 55.8 Å². The average Bonchev–Trinajstić information content (AvgIpc) is 2.97. The first-order valence-electron chi connectivity index (χ1n) is 9.80. The number of ether oxygens (including phenoxy) is 2. The van der Waals surface area contributed by atoms with Gasteiger partial charge >= 0.3 is 0 Å². The number of rotatable bonds is 4. The Balaban J connectivity index is 1.37. The van der Waals surface area contributed by atoms with Crippen LogP contribution >= 0.6 is 0 Å². The van der Waals surface area contributed by atoms with Crippen molar-refractivity contribution < 1.29 is 14.3 Å². The number of benzene rings is 2. The summed E-state index contributed by atoms with van der Waals surface area (Å²) in [4.78, 5) is 15.0. The first-order valence-corrected chi connectivity index (χ1v) is 9.80. The molecule has 2 heterocycles. The Hall–Kier alpha value is -2.53. The lowest BCUT2D eigenvalue weighted by Crippen LogP contribution is -2.24. The molecule has 0 bridgehead atoms. The van der Waals surface area contributed by atoms with Crippen molar-refractivity contribution in [3.8, 4) is 11.5 Å². The Morgan fingerprint density at radius 1 is 0.889 bits per heavy atom. The van der Waals surface area contributed by atoms with Crippen LogP contribution in [-0.4, -0.2) is 37.1 Å². The number of fused-ring (bicyclic) bond motifs is 1. The van der Waals surface area contributed by atoms with Crippen molar-refractivity contribution in [2.75, 3.05) is 31.6 Å². The van der Waals surface area contributed by atoms with Crippen molar-refractivity contribution in [3.63, 3.8) is 0 Å². The summed E-state index contributed by atoms with van der Waals surface area (Å²) >= 11 is 0. The molecule has 1 fully saturated rings. The molecule has 0 aliphatic carbocycles. The highest BCUT2D eigenvalue weighted by atomic mass is 16.6. The lowest BCUT2D eigenvalue weighted by Gasteiger charge is -2.20. The van der Waals surface area contributed by atoms with Crippen LogP contribution < -0.4 is 14.8 Å². The van der Waals surface area contributed by atoms with E-state index in [9.17, 15) is 4.79 Å². The molecule has 2 aromatic rings. The minimum absolute atomic E-state index is 0.118. The molecule has 0 spiro atoms. The molecule has 1 amide bonds. The second-order valence-electron chi connectivity index (χ2n) is 7.20. The zero-order valence-electron chi connectivity index (χ0n) is 15.6. The van der Waals surface area contributed by atoms with Gasteiger partial charge in [-0.25, -0.2) is 0 Å². The number of amides is 1. The van der Waals surface area contributed by atoms with Gasteiger partial charge in [0.15, 0.2) is 11.5 Å². The van der Waals surface area contributed by atoms with Crippen molar-refractivity contribution in [1.82, 2.24) is 4.90 Å². The fraction of sp³-hybridized carbons (Fsp3) is 0.409. The highest BCUT2D eigenvalue weighted by Crippen LogP contribution is 2.32. The summed E-state index contributed by atoms with van der Waals surface area (Å²) in [6, 6.07) is 13.4. The summed E-state index contributed by atoms with van der Waals surface area (Å²) in [5, 5.41) is 2.93. The molecular formula is C22H26N2O3. The molecule has 0 saturated carbocycles. The van der Waals surface area contributed by atoms with Crippen LogP contribution in [0.15, 0.2) is 42.5 Å². The van der Waals surface area contributed by atoms with Crippen LogP contribution in [0.25, 0.3) is 0 Å². The standard InChI is InChI=1S/C22H26N2O3/c25-22(23-19-9-10-20-21(15-19)27-14-13-26-20)18-7-5-17(6-8-18)16-24-11-3-1-2-4-12-24/h5-10,15H,1-4,11-14,16H2,(H,23,25). The maximum atomic E-state index is 12.5. The van der Waals surface area contributed by atoms with E-state index in [1.807, 2.05) is 24.3 Å². The van der Waals surface area contributed by atoms with Gasteiger partial charge in [-0.1, -0.05) is 25.0 Å². The van der Waals surface area contributed by atoms with Crippen LogP contribution in [0.2, 0.25) is 0 Å². The van der Waals surface area contributed by atoms with Crippen molar-refractivity contribution in [2.24, 2.45) is 0 Å². The smallest absolute Gasteiger partial charge is 0.255 e. The molecule has 5 heteroatoms. The number of anilines is 1. The molecule has 2 aromatic carbocycles. The molecule has 0 radical (unpaired) electrons. The topological polar surface area (TPSA) is 50.8 Å². The normalized spacial score (nSPS) is 17.2. The van der Waals surface area contributed by atoms with Crippen LogP contribution in [0.4, 0.5) is 5.69 Å². The summed E-state index contributed by atoms with van der Waals surface area (Å²) in [7, 11) is 0. The maximum Gasteiger partial charge on any atom is 0.255 e. The first-order chi connectivity index (χ1) is 13.3. The van der Waals surface area contributed by atoms with E-state index in [-0.39, 0.29) is 5.91 Å². The van der Waals surface area contributed by atoms with E-state index in [1.54, 1.807) is 6.07 Å². The van der Waals surface area contributed by atoms with E-state index in [4.69, 9.17) is 9.47 Å². The number of hydrogen-bond donors (Lipinski definition) is 1. The average molecular weight is 366 g/mol. The van der Waals surface area contributed by atoms with E-state index in [0.717, 1.165) is 12.3 Å². The third-order valence-electron chi connectivity index (χ3n) is 5.12. The monoisotopic (exact) mass is 366 g/mol. The number of likely N-dealkylation sites (tertiary alicyclic amines) is 1. The van der Waals surface area contributed by atoms with E-state index in [0.29, 0.717) is 30.2 Å². The van der Waals surface area contributed by atoms with Gasteiger partial charge in [0, 0.05) is 23.9 Å². The molecule has 2 aliphatic rings. The van der Waals surface area contributed by atoms with Gasteiger partial charge in [0.25, 0.3) is 5.91 Å². The minimum Gasteiger partial charge on any atom is -0.486 e. The molecule has 0 atom stereocenters. The Kier molecular flexibility index (Phi) is 5.58. The highest BCUT2D eigenvalue weighted by molar-refractivity contribution is 6.04. The van der Waals surface area contributed by atoms with E-state index >= 15 is 0 Å². The molecule has 1 saturated heterocycles. The number of carbonyl (C=O) groups is 1. The molecule has 0 aromatic heterocycles. The van der Waals surface area contributed by atoms with Crippen molar-refractivity contribution in [3.05, 3.63) is 53.6 Å². The zero-order valence-corrected chi connectivity index (χ0v) is 15.6. The highest BCUT2D eigenvalue weighted by Gasteiger charge is 2.14. The summed E-state index contributed by atoms with van der Waals surface area (Å²) in [5.74, 6) is 1.27. The van der Waals surface area contributed by atoms with Gasteiger partial charge in [0.05, 0.1) is 0 Å². The van der Waals surface area contributed by atoms with Gasteiger partial charge in [-0.3, -0.25) is 9.69 Å². The maximum absolute atomic E-state index is 12.5. The van der Waals surface area contributed by atoms with Gasteiger partial charge in [-0.2, -0.15) is 0 Å². The van der Waals surface area contributed by atoms with Crippen LogP contribution in [0, 0.1) is 0 Å². The molecule has 27 heavy (non-hydrogen) atoms. The summed E-state index contributed by atoms with van der Waals surface area (Å²) in [6.07, 6.45) is 5.26. The third-order valence-corrected chi connectivity index (χ3v) is 5.12. The van der Waals surface area contributed by atoms with Crippen molar-refractivity contribution >= 4 is 11.6 Å². The van der Waals surface area contributed by atoms with E-state index in [1.165, 1.54) is 44.3 Å². The minimum atomic E-state index is -0.118. The summed E-state index contributed by atoms with van der Waals surface area (Å²) < 4.78 is 11.1. The van der Waals surface area contributed by atoms with Gasteiger partial charge in [0.1, 0.15) is 13.2 Å². The number of hydrogen-bond acceptors (Lipinski definition) is 4. The third kappa shape index (κ3) is 4.61. The largest absolute Gasteiger partial charge is 0.486 e. The van der Waals surface area contributed by atoms with Crippen LogP contribution in [0.1, 0.15) is 41.6 Å².